The maximum Gasteiger partial charge on any atom is 0.0645 e. The van der Waals surface area contributed by atoms with Crippen molar-refractivity contribution < 1.29 is 5.11 Å². The van der Waals surface area contributed by atoms with Gasteiger partial charge in [-0.2, -0.15) is 16.4 Å². The van der Waals surface area contributed by atoms with Crippen LogP contribution in [0.5, 0.6) is 0 Å². The van der Waals surface area contributed by atoms with Gasteiger partial charge in [0.15, 0.2) is 0 Å². The Bertz CT molecular complexity index is 704. The number of hydrogen-bond donors (Lipinski definition) is 1. The number of rotatable bonds is 8. The molecule has 1 unspecified atom stereocenters. The molecule has 5 heteroatoms. The average molecular weight is 341 g/mol. The lowest BCUT2D eigenvalue weighted by atomic mass is 10.1. The number of aromatic nitrogens is 2. The Labute approximate surface area is 147 Å². The van der Waals surface area contributed by atoms with Crippen LogP contribution in [-0.4, -0.2) is 32.4 Å². The first-order valence-corrected chi connectivity index (χ1v) is 9.19. The third kappa shape index (κ3) is 4.12. The maximum absolute atomic E-state index is 9.72. The van der Waals surface area contributed by atoms with Gasteiger partial charge in [-0.3, -0.25) is 4.90 Å². The standard InChI is InChI=1S/C19H23N3OS/c1-2-18(14-23)21(13-17-8-11-24-15-17)12-16-4-6-19(7-5-16)22-10-3-9-20-22/h3-11,15,18,23H,2,12-14H2,1H3. The summed E-state index contributed by atoms with van der Waals surface area (Å²) in [4.78, 5) is 2.35. The van der Waals surface area contributed by atoms with E-state index in [0.717, 1.165) is 25.2 Å². The first kappa shape index (κ1) is 16.9. The highest BCUT2D eigenvalue weighted by Crippen LogP contribution is 2.18. The molecule has 24 heavy (non-hydrogen) atoms. The van der Waals surface area contributed by atoms with E-state index >= 15 is 0 Å². The van der Waals surface area contributed by atoms with Gasteiger partial charge in [-0.1, -0.05) is 19.1 Å². The molecule has 0 aliphatic heterocycles. The third-order valence-corrected chi connectivity index (χ3v) is 4.99. The van der Waals surface area contributed by atoms with Gasteiger partial charge in [-0.05, 0) is 52.6 Å². The first-order chi connectivity index (χ1) is 11.8. The molecule has 0 saturated carbocycles. The van der Waals surface area contributed by atoms with E-state index in [4.69, 9.17) is 0 Å². The topological polar surface area (TPSA) is 41.3 Å². The van der Waals surface area contributed by atoms with Crippen LogP contribution < -0.4 is 0 Å². The molecule has 2 aromatic heterocycles. The van der Waals surface area contributed by atoms with E-state index in [0.29, 0.717) is 0 Å². The molecule has 0 bridgehead atoms. The lowest BCUT2D eigenvalue weighted by Crippen LogP contribution is -2.36. The molecule has 1 N–H and O–H groups in total. The van der Waals surface area contributed by atoms with Crippen LogP contribution in [-0.2, 0) is 13.1 Å². The van der Waals surface area contributed by atoms with Crippen molar-refractivity contribution in [3.8, 4) is 5.69 Å². The van der Waals surface area contributed by atoms with Crippen molar-refractivity contribution >= 4 is 11.3 Å². The Morgan fingerprint density at radius 2 is 1.96 bits per heavy atom. The lowest BCUT2D eigenvalue weighted by Gasteiger charge is -2.29. The number of hydrogen-bond acceptors (Lipinski definition) is 4. The molecule has 0 aliphatic carbocycles. The van der Waals surface area contributed by atoms with Crippen molar-refractivity contribution in [2.75, 3.05) is 6.61 Å². The van der Waals surface area contributed by atoms with E-state index in [-0.39, 0.29) is 12.6 Å². The predicted octanol–water partition coefficient (Wildman–Crippen LogP) is 3.71. The van der Waals surface area contributed by atoms with E-state index < -0.39 is 0 Å². The zero-order chi connectivity index (χ0) is 16.8. The van der Waals surface area contributed by atoms with Crippen LogP contribution in [0.2, 0.25) is 0 Å². The normalized spacial score (nSPS) is 12.6. The number of aliphatic hydroxyl groups excluding tert-OH is 1. The Kier molecular flexibility index (Phi) is 5.80. The maximum atomic E-state index is 9.72. The second kappa shape index (κ2) is 8.24. The summed E-state index contributed by atoms with van der Waals surface area (Å²) >= 11 is 1.72. The highest BCUT2D eigenvalue weighted by Gasteiger charge is 2.17. The van der Waals surface area contributed by atoms with Crippen molar-refractivity contribution in [2.24, 2.45) is 0 Å². The molecule has 1 atom stereocenters. The van der Waals surface area contributed by atoms with Crippen molar-refractivity contribution in [1.82, 2.24) is 14.7 Å². The van der Waals surface area contributed by atoms with Crippen LogP contribution in [0.4, 0.5) is 0 Å². The summed E-state index contributed by atoms with van der Waals surface area (Å²) in [6.07, 6.45) is 4.66. The van der Waals surface area contributed by atoms with Crippen molar-refractivity contribution in [1.29, 1.82) is 0 Å². The number of aliphatic hydroxyl groups is 1. The highest BCUT2D eigenvalue weighted by atomic mass is 32.1. The molecule has 0 aliphatic rings. The van der Waals surface area contributed by atoms with Crippen molar-refractivity contribution in [3.05, 3.63) is 70.7 Å². The molecule has 3 aromatic rings. The quantitative estimate of drug-likeness (QED) is 0.679. The summed E-state index contributed by atoms with van der Waals surface area (Å²) in [5, 5.41) is 18.3. The zero-order valence-corrected chi connectivity index (χ0v) is 14.7. The Morgan fingerprint density at radius 1 is 1.17 bits per heavy atom. The zero-order valence-electron chi connectivity index (χ0n) is 13.9. The van der Waals surface area contributed by atoms with Crippen LogP contribution in [0.3, 0.4) is 0 Å². The molecule has 0 spiro atoms. The largest absolute Gasteiger partial charge is 0.395 e. The molecule has 0 fully saturated rings. The summed E-state index contributed by atoms with van der Waals surface area (Å²) in [6.45, 7) is 4.01. The van der Waals surface area contributed by atoms with E-state index in [1.807, 2.05) is 16.9 Å². The molecular formula is C19H23N3OS. The minimum atomic E-state index is 0.177. The summed E-state index contributed by atoms with van der Waals surface area (Å²) in [7, 11) is 0. The van der Waals surface area contributed by atoms with Crippen LogP contribution in [0.1, 0.15) is 24.5 Å². The van der Waals surface area contributed by atoms with Gasteiger partial charge < -0.3 is 5.11 Å². The number of benzene rings is 1. The van der Waals surface area contributed by atoms with Crippen LogP contribution in [0.15, 0.2) is 59.6 Å². The van der Waals surface area contributed by atoms with Gasteiger partial charge in [-0.15, -0.1) is 0 Å². The molecule has 2 heterocycles. The fourth-order valence-electron chi connectivity index (χ4n) is 2.84. The molecule has 126 valence electrons. The van der Waals surface area contributed by atoms with Gasteiger partial charge >= 0.3 is 0 Å². The van der Waals surface area contributed by atoms with Crippen molar-refractivity contribution in [2.45, 2.75) is 32.5 Å². The first-order valence-electron chi connectivity index (χ1n) is 8.25. The van der Waals surface area contributed by atoms with Gasteiger partial charge in [0.25, 0.3) is 0 Å². The van der Waals surface area contributed by atoms with Crippen molar-refractivity contribution in [3.63, 3.8) is 0 Å². The molecule has 0 radical (unpaired) electrons. The summed E-state index contributed by atoms with van der Waals surface area (Å²) < 4.78 is 1.86. The Hall–Kier alpha value is -1.95. The Morgan fingerprint density at radius 3 is 2.54 bits per heavy atom. The number of nitrogens with zero attached hydrogens (tertiary/aromatic N) is 3. The smallest absolute Gasteiger partial charge is 0.0645 e. The Balaban J connectivity index is 1.73. The second-order valence-corrected chi connectivity index (χ2v) is 6.68. The lowest BCUT2D eigenvalue weighted by molar-refractivity contribution is 0.107. The average Bonchev–Trinajstić information content (AvgIpc) is 3.30. The van der Waals surface area contributed by atoms with E-state index in [1.54, 1.807) is 17.5 Å². The van der Waals surface area contributed by atoms with Gasteiger partial charge in [0.05, 0.1) is 12.3 Å². The van der Waals surface area contributed by atoms with E-state index in [9.17, 15) is 5.11 Å². The van der Waals surface area contributed by atoms with Crippen LogP contribution in [0, 0.1) is 0 Å². The molecule has 1 aromatic carbocycles. The summed E-state index contributed by atoms with van der Waals surface area (Å²) in [5.74, 6) is 0. The van der Waals surface area contributed by atoms with Gasteiger partial charge in [-0.25, -0.2) is 4.68 Å². The van der Waals surface area contributed by atoms with Gasteiger partial charge in [0.2, 0.25) is 0 Å². The fourth-order valence-corrected chi connectivity index (χ4v) is 3.50. The highest BCUT2D eigenvalue weighted by molar-refractivity contribution is 7.07. The van der Waals surface area contributed by atoms with Gasteiger partial charge in [0, 0.05) is 31.5 Å². The molecule has 0 saturated heterocycles. The minimum absolute atomic E-state index is 0.177. The molecule has 4 nitrogen and oxygen atoms in total. The van der Waals surface area contributed by atoms with Crippen LogP contribution in [0.25, 0.3) is 5.69 Å². The SMILES string of the molecule is CCC(CO)N(Cc1ccc(-n2cccn2)cc1)Cc1ccsc1. The summed E-state index contributed by atoms with van der Waals surface area (Å²) in [5.41, 5.74) is 3.61. The monoisotopic (exact) mass is 341 g/mol. The van der Waals surface area contributed by atoms with Gasteiger partial charge in [0.1, 0.15) is 0 Å². The molecule has 0 amide bonds. The van der Waals surface area contributed by atoms with E-state index in [1.165, 1.54) is 11.1 Å². The van der Waals surface area contributed by atoms with E-state index in [2.05, 4.69) is 58.0 Å². The predicted molar refractivity (Wildman–Crippen MR) is 98.3 cm³/mol. The summed E-state index contributed by atoms with van der Waals surface area (Å²) in [6, 6.07) is 12.7. The third-order valence-electron chi connectivity index (χ3n) is 4.26. The fraction of sp³-hybridized carbons (Fsp3) is 0.316. The minimum Gasteiger partial charge on any atom is -0.395 e. The number of thiophene rings is 1. The second-order valence-electron chi connectivity index (χ2n) is 5.90. The molecular weight excluding hydrogens is 318 g/mol. The van der Waals surface area contributed by atoms with Crippen LogP contribution >= 0.6 is 11.3 Å². The molecule has 3 rings (SSSR count).